The molecule has 0 aliphatic carbocycles. The van der Waals surface area contributed by atoms with Gasteiger partial charge in [-0.3, -0.25) is 9.89 Å². The molecule has 2 heterocycles. The zero-order valence-corrected chi connectivity index (χ0v) is 12.6. The van der Waals surface area contributed by atoms with E-state index < -0.39 is 6.10 Å². The molecule has 116 valence electrons. The molecule has 7 heteroatoms. The Morgan fingerprint density at radius 2 is 2.23 bits per heavy atom. The van der Waals surface area contributed by atoms with Gasteiger partial charge in [0.05, 0.1) is 23.6 Å². The minimum atomic E-state index is -0.423. The standard InChI is InChI=1S/C15H17ClN4O2/c16-12-4-2-1-3-10(12)14-11(7-19-20-14)15(22)18-6-9-5-17-8-13(9)21/h1-4,7,9,13,17,21H,5-6,8H2,(H,18,22)(H,19,20). The summed E-state index contributed by atoms with van der Waals surface area (Å²) < 4.78 is 0. The molecule has 1 aliphatic heterocycles. The number of nitrogens with zero attached hydrogens (tertiary/aromatic N) is 1. The van der Waals surface area contributed by atoms with E-state index >= 15 is 0 Å². The highest BCUT2D eigenvalue weighted by molar-refractivity contribution is 6.33. The maximum atomic E-state index is 12.4. The lowest BCUT2D eigenvalue weighted by atomic mass is 10.1. The second-order valence-corrected chi connectivity index (χ2v) is 5.74. The second kappa shape index (κ2) is 6.48. The second-order valence-electron chi connectivity index (χ2n) is 5.33. The van der Waals surface area contributed by atoms with E-state index in [0.717, 1.165) is 5.56 Å². The lowest BCUT2D eigenvalue weighted by molar-refractivity contribution is 0.0928. The average molecular weight is 321 g/mol. The highest BCUT2D eigenvalue weighted by Crippen LogP contribution is 2.28. The van der Waals surface area contributed by atoms with Gasteiger partial charge in [-0.15, -0.1) is 0 Å². The molecular formula is C15H17ClN4O2. The van der Waals surface area contributed by atoms with Gasteiger partial charge in [0.25, 0.3) is 5.91 Å². The number of benzene rings is 1. The average Bonchev–Trinajstić information content (AvgIpc) is 3.14. The Morgan fingerprint density at radius 1 is 1.41 bits per heavy atom. The molecule has 2 unspecified atom stereocenters. The van der Waals surface area contributed by atoms with Crippen LogP contribution < -0.4 is 10.6 Å². The van der Waals surface area contributed by atoms with Gasteiger partial charge in [-0.25, -0.2) is 0 Å². The van der Waals surface area contributed by atoms with E-state index in [1.165, 1.54) is 6.20 Å². The SMILES string of the molecule is O=C(NCC1CNCC1O)c1cn[nH]c1-c1ccccc1Cl. The summed E-state index contributed by atoms with van der Waals surface area (Å²) in [4.78, 5) is 12.4. The van der Waals surface area contributed by atoms with Crippen molar-refractivity contribution in [2.45, 2.75) is 6.10 Å². The molecule has 0 spiro atoms. The van der Waals surface area contributed by atoms with Crippen LogP contribution in [0.15, 0.2) is 30.5 Å². The van der Waals surface area contributed by atoms with Crippen molar-refractivity contribution in [3.05, 3.63) is 41.0 Å². The molecule has 0 bridgehead atoms. The zero-order valence-electron chi connectivity index (χ0n) is 11.8. The Kier molecular flexibility index (Phi) is 4.42. The van der Waals surface area contributed by atoms with Crippen LogP contribution in [0.4, 0.5) is 0 Å². The van der Waals surface area contributed by atoms with Crippen molar-refractivity contribution in [3.63, 3.8) is 0 Å². The predicted molar refractivity (Wildman–Crippen MR) is 83.7 cm³/mol. The van der Waals surface area contributed by atoms with E-state index in [4.69, 9.17) is 11.6 Å². The third-order valence-corrected chi connectivity index (χ3v) is 4.19. The normalized spacial score (nSPS) is 21.0. The predicted octanol–water partition coefficient (Wildman–Crippen LogP) is 1.04. The van der Waals surface area contributed by atoms with Crippen LogP contribution in [0.1, 0.15) is 10.4 Å². The van der Waals surface area contributed by atoms with Crippen molar-refractivity contribution in [1.82, 2.24) is 20.8 Å². The fraction of sp³-hybridized carbons (Fsp3) is 0.333. The summed E-state index contributed by atoms with van der Waals surface area (Å²) in [6.07, 6.45) is 1.06. The summed E-state index contributed by atoms with van der Waals surface area (Å²) in [5, 5.41) is 23.0. The Morgan fingerprint density at radius 3 is 2.95 bits per heavy atom. The number of hydrogen-bond acceptors (Lipinski definition) is 4. The number of amides is 1. The van der Waals surface area contributed by atoms with Crippen molar-refractivity contribution in [2.24, 2.45) is 5.92 Å². The third kappa shape index (κ3) is 2.99. The van der Waals surface area contributed by atoms with Gasteiger partial charge >= 0.3 is 0 Å². The van der Waals surface area contributed by atoms with E-state index in [9.17, 15) is 9.90 Å². The molecule has 4 N–H and O–H groups in total. The van der Waals surface area contributed by atoms with E-state index in [-0.39, 0.29) is 11.8 Å². The minimum absolute atomic E-state index is 0.0274. The quantitative estimate of drug-likeness (QED) is 0.677. The first kappa shape index (κ1) is 15.0. The molecule has 1 saturated heterocycles. The van der Waals surface area contributed by atoms with Crippen LogP contribution in [0.5, 0.6) is 0 Å². The summed E-state index contributed by atoms with van der Waals surface area (Å²) >= 11 is 6.17. The number of H-pyrrole nitrogens is 1. The van der Waals surface area contributed by atoms with Crippen LogP contribution in [0, 0.1) is 5.92 Å². The summed E-state index contributed by atoms with van der Waals surface area (Å²) in [6.45, 7) is 1.68. The largest absolute Gasteiger partial charge is 0.391 e. The highest BCUT2D eigenvalue weighted by Gasteiger charge is 2.26. The Balaban J connectivity index is 1.74. The topological polar surface area (TPSA) is 90.0 Å². The van der Waals surface area contributed by atoms with E-state index in [1.807, 2.05) is 18.2 Å². The molecule has 1 aromatic heterocycles. The molecule has 0 saturated carbocycles. The third-order valence-electron chi connectivity index (χ3n) is 3.86. The van der Waals surface area contributed by atoms with Crippen molar-refractivity contribution in [1.29, 1.82) is 0 Å². The van der Waals surface area contributed by atoms with E-state index in [1.54, 1.807) is 6.07 Å². The first-order valence-corrected chi connectivity index (χ1v) is 7.50. The number of halogens is 1. The van der Waals surface area contributed by atoms with Crippen molar-refractivity contribution in [2.75, 3.05) is 19.6 Å². The molecule has 2 atom stereocenters. The molecule has 3 rings (SSSR count). The number of hydrogen-bond donors (Lipinski definition) is 4. The number of β-amino-alcohol motifs (C(OH)–C–C–N with tert-alkyl or cyclic N) is 1. The number of nitrogens with one attached hydrogen (secondary N) is 3. The molecule has 1 aromatic carbocycles. The van der Waals surface area contributed by atoms with Gasteiger partial charge in [-0.2, -0.15) is 5.10 Å². The Bertz CT molecular complexity index is 673. The molecule has 0 radical (unpaired) electrons. The smallest absolute Gasteiger partial charge is 0.255 e. The summed E-state index contributed by atoms with van der Waals surface area (Å²) in [7, 11) is 0. The van der Waals surface area contributed by atoms with Crippen LogP contribution >= 0.6 is 11.6 Å². The maximum Gasteiger partial charge on any atom is 0.255 e. The lowest BCUT2D eigenvalue weighted by Gasteiger charge is -2.14. The highest BCUT2D eigenvalue weighted by atomic mass is 35.5. The van der Waals surface area contributed by atoms with Crippen LogP contribution in [0.25, 0.3) is 11.3 Å². The first-order valence-electron chi connectivity index (χ1n) is 7.12. The van der Waals surface area contributed by atoms with Gasteiger partial charge in [0, 0.05) is 36.1 Å². The van der Waals surface area contributed by atoms with Crippen molar-refractivity contribution >= 4 is 17.5 Å². The van der Waals surface area contributed by atoms with E-state index in [2.05, 4.69) is 20.8 Å². The number of aromatic amines is 1. The minimum Gasteiger partial charge on any atom is -0.391 e. The number of rotatable bonds is 4. The van der Waals surface area contributed by atoms with Crippen LogP contribution in [-0.4, -0.2) is 46.9 Å². The van der Waals surface area contributed by atoms with Gasteiger partial charge in [0.15, 0.2) is 0 Å². The molecule has 22 heavy (non-hydrogen) atoms. The monoisotopic (exact) mass is 320 g/mol. The summed E-state index contributed by atoms with van der Waals surface area (Å²) in [5.74, 6) is -0.206. The maximum absolute atomic E-state index is 12.4. The Labute approximate surface area is 132 Å². The fourth-order valence-electron chi connectivity index (χ4n) is 2.57. The van der Waals surface area contributed by atoms with Gasteiger partial charge in [-0.1, -0.05) is 29.8 Å². The number of carbonyl (C=O) groups excluding carboxylic acids is 1. The summed E-state index contributed by atoms with van der Waals surface area (Å²) in [5.41, 5.74) is 1.76. The van der Waals surface area contributed by atoms with Gasteiger partial charge in [-0.05, 0) is 6.07 Å². The molecule has 1 amide bonds. The van der Waals surface area contributed by atoms with Gasteiger partial charge in [0.1, 0.15) is 0 Å². The van der Waals surface area contributed by atoms with Crippen molar-refractivity contribution in [3.8, 4) is 11.3 Å². The number of aliphatic hydroxyl groups is 1. The van der Waals surface area contributed by atoms with Gasteiger partial charge in [0.2, 0.25) is 0 Å². The van der Waals surface area contributed by atoms with Crippen LogP contribution in [0.2, 0.25) is 5.02 Å². The molecule has 1 aliphatic rings. The first-order chi connectivity index (χ1) is 10.7. The molecule has 2 aromatic rings. The number of aliphatic hydroxyl groups excluding tert-OH is 1. The lowest BCUT2D eigenvalue weighted by Crippen LogP contribution is -2.34. The van der Waals surface area contributed by atoms with Crippen molar-refractivity contribution < 1.29 is 9.90 Å². The van der Waals surface area contributed by atoms with E-state index in [0.29, 0.717) is 35.9 Å². The summed E-state index contributed by atoms with van der Waals surface area (Å²) in [6, 6.07) is 7.28. The Hall–Kier alpha value is -1.89. The van der Waals surface area contributed by atoms with Gasteiger partial charge < -0.3 is 15.7 Å². The number of carbonyl (C=O) groups is 1. The van der Waals surface area contributed by atoms with Crippen LogP contribution in [-0.2, 0) is 0 Å². The molecule has 6 nitrogen and oxygen atoms in total. The number of aromatic nitrogens is 2. The molecule has 1 fully saturated rings. The zero-order chi connectivity index (χ0) is 15.5. The van der Waals surface area contributed by atoms with Crippen LogP contribution in [0.3, 0.4) is 0 Å². The fourth-order valence-corrected chi connectivity index (χ4v) is 2.80. The molecular weight excluding hydrogens is 304 g/mol.